The molecule has 0 aliphatic heterocycles. The van der Waals surface area contributed by atoms with Crippen LogP contribution in [0.5, 0.6) is 0 Å². The highest BCUT2D eigenvalue weighted by Crippen LogP contribution is 2.19. The van der Waals surface area contributed by atoms with Crippen molar-refractivity contribution in [3.63, 3.8) is 0 Å². The number of nitrogens with one attached hydrogen (secondary N) is 1. The second-order valence-electron chi connectivity index (χ2n) is 4.94. The Morgan fingerprint density at radius 1 is 1.22 bits per heavy atom. The Bertz CT molecular complexity index is 706. The van der Waals surface area contributed by atoms with Gasteiger partial charge in [-0.3, -0.25) is 4.79 Å². The number of carbonyl (C=O) groups excluding carboxylic acids is 2. The molecule has 2 rings (SSSR count). The molecule has 1 N–H and O–H groups in total. The van der Waals surface area contributed by atoms with Crippen LogP contribution in [0.15, 0.2) is 48.5 Å². The van der Waals surface area contributed by atoms with Gasteiger partial charge in [0.2, 0.25) is 0 Å². The summed E-state index contributed by atoms with van der Waals surface area (Å²) in [6.07, 6.45) is -0.654. The van der Waals surface area contributed by atoms with Crippen LogP contribution in [-0.2, 0) is 11.3 Å². The standard InChI is InChI=1S/C17H15ClFNO3/c1-11(14-8-7-13(16(18)21)9-15(14)19)20-17(22)23-10-12-5-3-2-4-6-12/h2-9,11H,10H2,1H3,(H,20,22). The van der Waals surface area contributed by atoms with Gasteiger partial charge in [-0.25, -0.2) is 9.18 Å². The molecule has 2 aromatic carbocycles. The zero-order valence-electron chi connectivity index (χ0n) is 12.4. The summed E-state index contributed by atoms with van der Waals surface area (Å²) in [5.41, 5.74) is 1.15. The molecule has 4 nitrogen and oxygen atoms in total. The Morgan fingerprint density at radius 3 is 2.52 bits per heavy atom. The van der Waals surface area contributed by atoms with Gasteiger partial charge < -0.3 is 10.1 Å². The molecule has 0 radical (unpaired) electrons. The molecule has 1 amide bonds. The molecule has 0 aliphatic rings. The van der Waals surface area contributed by atoms with Crippen LogP contribution < -0.4 is 5.32 Å². The molecule has 6 heteroatoms. The minimum absolute atomic E-state index is 0.0618. The van der Waals surface area contributed by atoms with E-state index >= 15 is 0 Å². The predicted octanol–water partition coefficient (Wildman–Crippen LogP) is 4.19. The maximum absolute atomic E-state index is 14.0. The van der Waals surface area contributed by atoms with Crippen LogP contribution in [0.1, 0.15) is 34.5 Å². The first-order chi connectivity index (χ1) is 11.0. The molecule has 0 spiro atoms. The van der Waals surface area contributed by atoms with Gasteiger partial charge in [0.15, 0.2) is 0 Å². The second-order valence-corrected chi connectivity index (χ2v) is 5.28. The van der Waals surface area contributed by atoms with Crippen LogP contribution >= 0.6 is 11.6 Å². The molecular formula is C17H15ClFNO3. The highest BCUT2D eigenvalue weighted by molar-refractivity contribution is 6.67. The molecule has 1 unspecified atom stereocenters. The lowest BCUT2D eigenvalue weighted by Crippen LogP contribution is -2.27. The van der Waals surface area contributed by atoms with E-state index in [9.17, 15) is 14.0 Å². The van der Waals surface area contributed by atoms with E-state index < -0.39 is 23.2 Å². The van der Waals surface area contributed by atoms with E-state index in [2.05, 4.69) is 5.32 Å². The van der Waals surface area contributed by atoms with Gasteiger partial charge >= 0.3 is 6.09 Å². The molecule has 0 heterocycles. The largest absolute Gasteiger partial charge is 0.445 e. The van der Waals surface area contributed by atoms with E-state index in [1.807, 2.05) is 30.3 Å². The number of ether oxygens (including phenoxy) is 1. The first-order valence-corrected chi connectivity index (χ1v) is 7.31. The number of hydrogen-bond acceptors (Lipinski definition) is 3. The van der Waals surface area contributed by atoms with Crippen molar-refractivity contribution in [2.45, 2.75) is 19.6 Å². The number of hydrogen-bond donors (Lipinski definition) is 1. The zero-order valence-corrected chi connectivity index (χ0v) is 13.1. The average Bonchev–Trinajstić information content (AvgIpc) is 2.53. The first-order valence-electron chi connectivity index (χ1n) is 6.94. The summed E-state index contributed by atoms with van der Waals surface area (Å²) >= 11 is 5.30. The number of rotatable bonds is 5. The van der Waals surface area contributed by atoms with Crippen molar-refractivity contribution in [3.05, 3.63) is 71.0 Å². The van der Waals surface area contributed by atoms with Crippen LogP contribution in [0, 0.1) is 5.82 Å². The molecule has 0 saturated carbocycles. The summed E-state index contributed by atoms with van der Waals surface area (Å²) in [5.74, 6) is -0.618. The van der Waals surface area contributed by atoms with Crippen LogP contribution in [0.4, 0.5) is 9.18 Å². The lowest BCUT2D eigenvalue weighted by molar-refractivity contribution is 0.108. The molecule has 2 aromatic rings. The molecule has 0 bridgehead atoms. The third-order valence-electron chi connectivity index (χ3n) is 3.24. The molecule has 23 heavy (non-hydrogen) atoms. The lowest BCUT2D eigenvalue weighted by atomic mass is 10.1. The van der Waals surface area contributed by atoms with Gasteiger partial charge in [-0.2, -0.15) is 0 Å². The molecular weight excluding hydrogens is 321 g/mol. The smallest absolute Gasteiger partial charge is 0.407 e. The van der Waals surface area contributed by atoms with Crippen molar-refractivity contribution in [2.75, 3.05) is 0 Å². The SMILES string of the molecule is CC(NC(=O)OCc1ccccc1)c1ccc(C(=O)Cl)cc1F. The Morgan fingerprint density at radius 2 is 1.91 bits per heavy atom. The van der Waals surface area contributed by atoms with Gasteiger partial charge in [0.25, 0.3) is 5.24 Å². The number of benzene rings is 2. The summed E-state index contributed by atoms with van der Waals surface area (Å²) in [7, 11) is 0. The molecule has 0 aromatic heterocycles. The summed E-state index contributed by atoms with van der Waals surface area (Å²) < 4.78 is 19.0. The van der Waals surface area contributed by atoms with Gasteiger partial charge in [0.05, 0.1) is 6.04 Å². The molecule has 1 atom stereocenters. The average molecular weight is 336 g/mol. The summed E-state index contributed by atoms with van der Waals surface area (Å²) in [6, 6.07) is 12.5. The van der Waals surface area contributed by atoms with Crippen molar-refractivity contribution in [2.24, 2.45) is 0 Å². The van der Waals surface area contributed by atoms with Crippen molar-refractivity contribution in [1.82, 2.24) is 5.32 Å². The minimum Gasteiger partial charge on any atom is -0.445 e. The Labute approximate surface area is 138 Å². The molecule has 0 saturated heterocycles. The van der Waals surface area contributed by atoms with E-state index in [0.717, 1.165) is 11.6 Å². The number of carbonyl (C=O) groups is 2. The van der Waals surface area contributed by atoms with Gasteiger partial charge in [0, 0.05) is 11.1 Å². The maximum Gasteiger partial charge on any atom is 0.407 e. The normalized spacial score (nSPS) is 11.6. The van der Waals surface area contributed by atoms with E-state index in [4.69, 9.17) is 16.3 Å². The van der Waals surface area contributed by atoms with Crippen LogP contribution in [0.25, 0.3) is 0 Å². The Hall–Kier alpha value is -2.40. The number of halogens is 2. The highest BCUT2D eigenvalue weighted by atomic mass is 35.5. The van der Waals surface area contributed by atoms with Gasteiger partial charge in [-0.15, -0.1) is 0 Å². The van der Waals surface area contributed by atoms with E-state index in [1.54, 1.807) is 6.92 Å². The maximum atomic E-state index is 14.0. The highest BCUT2D eigenvalue weighted by Gasteiger charge is 2.16. The van der Waals surface area contributed by atoms with E-state index in [0.29, 0.717) is 0 Å². The number of alkyl carbamates (subject to hydrolysis) is 1. The topological polar surface area (TPSA) is 55.4 Å². The Kier molecular flexibility index (Phi) is 5.71. The van der Waals surface area contributed by atoms with Gasteiger partial charge in [0.1, 0.15) is 12.4 Å². The van der Waals surface area contributed by atoms with E-state index in [1.165, 1.54) is 12.1 Å². The van der Waals surface area contributed by atoms with Crippen LogP contribution in [-0.4, -0.2) is 11.3 Å². The van der Waals surface area contributed by atoms with E-state index in [-0.39, 0.29) is 17.7 Å². The first kappa shape index (κ1) is 17.0. The quantitative estimate of drug-likeness (QED) is 0.833. The predicted molar refractivity (Wildman–Crippen MR) is 84.8 cm³/mol. The van der Waals surface area contributed by atoms with Gasteiger partial charge in [-0.1, -0.05) is 36.4 Å². The minimum atomic E-state index is -0.738. The van der Waals surface area contributed by atoms with Crippen LogP contribution in [0.2, 0.25) is 0 Å². The molecule has 0 aliphatic carbocycles. The number of amides is 1. The van der Waals surface area contributed by atoms with Gasteiger partial charge in [-0.05, 0) is 36.2 Å². The second kappa shape index (κ2) is 7.74. The molecule has 120 valence electrons. The third kappa shape index (κ3) is 4.79. The van der Waals surface area contributed by atoms with Crippen molar-refractivity contribution in [3.8, 4) is 0 Å². The Balaban J connectivity index is 1.94. The van der Waals surface area contributed by atoms with Crippen molar-refractivity contribution >= 4 is 22.9 Å². The fourth-order valence-corrected chi connectivity index (χ4v) is 2.14. The fourth-order valence-electron chi connectivity index (χ4n) is 2.02. The summed E-state index contributed by atoms with van der Waals surface area (Å²) in [4.78, 5) is 22.7. The summed E-state index contributed by atoms with van der Waals surface area (Å²) in [5, 5.41) is 1.80. The third-order valence-corrected chi connectivity index (χ3v) is 3.46. The van der Waals surface area contributed by atoms with Crippen molar-refractivity contribution in [1.29, 1.82) is 0 Å². The summed E-state index contributed by atoms with van der Waals surface area (Å²) in [6.45, 7) is 1.74. The monoisotopic (exact) mass is 335 g/mol. The van der Waals surface area contributed by atoms with Crippen LogP contribution in [0.3, 0.4) is 0 Å². The zero-order chi connectivity index (χ0) is 16.8. The molecule has 0 fully saturated rings. The van der Waals surface area contributed by atoms with Crippen molar-refractivity contribution < 1.29 is 18.7 Å². The lowest BCUT2D eigenvalue weighted by Gasteiger charge is -2.15. The fraction of sp³-hybridized carbons (Fsp3) is 0.176.